The van der Waals surface area contributed by atoms with Gasteiger partial charge in [-0.2, -0.15) is 0 Å². The van der Waals surface area contributed by atoms with Gasteiger partial charge in [0.1, 0.15) is 0 Å². The molecule has 0 spiro atoms. The molecule has 0 atom stereocenters. The molecule has 0 saturated heterocycles. The van der Waals surface area contributed by atoms with Crippen molar-refractivity contribution in [2.45, 2.75) is 20.4 Å². The molecule has 0 saturated carbocycles. The fraction of sp³-hybridized carbons (Fsp3) is 0.176. The topological polar surface area (TPSA) is 83.6 Å². The van der Waals surface area contributed by atoms with E-state index in [0.717, 1.165) is 17.1 Å². The SMILES string of the molecule is Cc1c[nH]c(CNc2nccc(-c3ccccn3)n2)c(C)c1=O. The first-order valence-corrected chi connectivity index (χ1v) is 7.31. The van der Waals surface area contributed by atoms with Crippen molar-refractivity contribution in [2.75, 3.05) is 5.32 Å². The Bertz CT molecular complexity index is 874. The average Bonchev–Trinajstić information content (AvgIpc) is 2.60. The van der Waals surface area contributed by atoms with Crippen LogP contribution in [-0.4, -0.2) is 19.9 Å². The number of nitrogens with one attached hydrogen (secondary N) is 2. The second kappa shape index (κ2) is 6.39. The number of hydrogen-bond acceptors (Lipinski definition) is 5. The summed E-state index contributed by atoms with van der Waals surface area (Å²) in [4.78, 5) is 28.0. The van der Waals surface area contributed by atoms with Crippen LogP contribution < -0.4 is 10.7 Å². The third kappa shape index (κ3) is 3.26. The van der Waals surface area contributed by atoms with Gasteiger partial charge in [0.05, 0.1) is 17.9 Å². The normalized spacial score (nSPS) is 10.5. The first-order chi connectivity index (χ1) is 11.1. The van der Waals surface area contributed by atoms with Gasteiger partial charge in [0.15, 0.2) is 5.43 Å². The molecule has 0 radical (unpaired) electrons. The smallest absolute Gasteiger partial charge is 0.223 e. The molecule has 2 N–H and O–H groups in total. The molecule has 0 aliphatic heterocycles. The molecule has 23 heavy (non-hydrogen) atoms. The van der Waals surface area contributed by atoms with E-state index in [1.807, 2.05) is 31.2 Å². The van der Waals surface area contributed by atoms with Gasteiger partial charge in [-0.05, 0) is 32.0 Å². The zero-order valence-electron chi connectivity index (χ0n) is 13.0. The van der Waals surface area contributed by atoms with Gasteiger partial charge in [-0.3, -0.25) is 9.78 Å². The molecule has 0 unspecified atom stereocenters. The summed E-state index contributed by atoms with van der Waals surface area (Å²) in [6.45, 7) is 4.06. The number of aryl methyl sites for hydroxylation is 1. The lowest BCUT2D eigenvalue weighted by molar-refractivity contribution is 0.968. The van der Waals surface area contributed by atoms with Crippen LogP contribution in [0.1, 0.15) is 16.8 Å². The van der Waals surface area contributed by atoms with Crippen molar-refractivity contribution in [2.24, 2.45) is 0 Å². The Morgan fingerprint density at radius 3 is 2.74 bits per heavy atom. The van der Waals surface area contributed by atoms with E-state index in [1.54, 1.807) is 25.5 Å². The Morgan fingerprint density at radius 2 is 1.96 bits per heavy atom. The number of hydrogen-bond donors (Lipinski definition) is 2. The number of nitrogens with zero attached hydrogens (tertiary/aromatic N) is 3. The lowest BCUT2D eigenvalue weighted by Gasteiger charge is -2.09. The van der Waals surface area contributed by atoms with Crippen LogP contribution in [0.3, 0.4) is 0 Å². The van der Waals surface area contributed by atoms with Gasteiger partial charge in [-0.15, -0.1) is 0 Å². The van der Waals surface area contributed by atoms with Gasteiger partial charge in [-0.25, -0.2) is 9.97 Å². The maximum atomic E-state index is 12.0. The summed E-state index contributed by atoms with van der Waals surface area (Å²) in [7, 11) is 0. The molecule has 3 heterocycles. The van der Waals surface area contributed by atoms with Gasteiger partial charge < -0.3 is 10.3 Å². The minimum absolute atomic E-state index is 0.0590. The van der Waals surface area contributed by atoms with Crippen LogP contribution in [0.25, 0.3) is 11.4 Å². The lowest BCUT2D eigenvalue weighted by atomic mass is 10.1. The highest BCUT2D eigenvalue weighted by atomic mass is 16.1. The van der Waals surface area contributed by atoms with E-state index in [1.165, 1.54) is 0 Å². The number of rotatable bonds is 4. The first kappa shape index (κ1) is 14.9. The van der Waals surface area contributed by atoms with Gasteiger partial charge in [0.2, 0.25) is 5.95 Å². The zero-order valence-corrected chi connectivity index (χ0v) is 13.0. The summed E-state index contributed by atoms with van der Waals surface area (Å²) >= 11 is 0. The maximum absolute atomic E-state index is 12.0. The Kier molecular flexibility index (Phi) is 4.14. The quantitative estimate of drug-likeness (QED) is 0.773. The largest absolute Gasteiger partial charge is 0.363 e. The van der Waals surface area contributed by atoms with E-state index in [9.17, 15) is 4.79 Å². The van der Waals surface area contributed by atoms with Crippen LogP contribution >= 0.6 is 0 Å². The van der Waals surface area contributed by atoms with E-state index in [-0.39, 0.29) is 5.43 Å². The molecule has 0 bridgehead atoms. The van der Waals surface area contributed by atoms with E-state index in [2.05, 4.69) is 25.3 Å². The lowest BCUT2D eigenvalue weighted by Crippen LogP contribution is -2.16. The number of pyridine rings is 2. The molecule has 3 rings (SSSR count). The predicted octanol–water partition coefficient (Wildman–Crippen LogP) is 2.46. The van der Waals surface area contributed by atoms with E-state index in [4.69, 9.17) is 0 Å². The molecular weight excluding hydrogens is 290 g/mol. The fourth-order valence-corrected chi connectivity index (χ4v) is 2.25. The highest BCUT2D eigenvalue weighted by Gasteiger charge is 2.07. The average molecular weight is 307 g/mol. The molecule has 0 aliphatic rings. The number of aromatic amines is 1. The second-order valence-electron chi connectivity index (χ2n) is 5.24. The van der Waals surface area contributed by atoms with Crippen LogP contribution in [-0.2, 0) is 6.54 Å². The van der Waals surface area contributed by atoms with Crippen molar-refractivity contribution in [1.29, 1.82) is 0 Å². The summed E-state index contributed by atoms with van der Waals surface area (Å²) in [6, 6.07) is 7.48. The zero-order chi connectivity index (χ0) is 16.2. The van der Waals surface area contributed by atoms with Crippen molar-refractivity contribution in [3.63, 3.8) is 0 Å². The summed E-state index contributed by atoms with van der Waals surface area (Å²) < 4.78 is 0. The van der Waals surface area contributed by atoms with Crippen LogP contribution in [0.2, 0.25) is 0 Å². The molecule has 3 aromatic heterocycles. The van der Waals surface area contributed by atoms with Crippen molar-refractivity contribution in [3.05, 3.63) is 69.9 Å². The maximum Gasteiger partial charge on any atom is 0.223 e. The minimum atomic E-state index is 0.0590. The standard InChI is InChI=1S/C17H17N5O/c1-11-9-20-15(12(2)16(11)23)10-21-17-19-8-6-14(22-17)13-5-3-4-7-18-13/h3-9H,10H2,1-2H3,(H,20,23)(H,19,21,22). The van der Waals surface area contributed by atoms with Crippen molar-refractivity contribution >= 4 is 5.95 Å². The summed E-state index contributed by atoms with van der Waals surface area (Å²) in [5, 5.41) is 3.14. The van der Waals surface area contributed by atoms with E-state index >= 15 is 0 Å². The Labute approximate surface area is 133 Å². The summed E-state index contributed by atoms with van der Waals surface area (Å²) in [5.41, 5.74) is 3.84. The van der Waals surface area contributed by atoms with Gasteiger partial charge in [0, 0.05) is 35.4 Å². The fourth-order valence-electron chi connectivity index (χ4n) is 2.25. The molecule has 0 amide bonds. The van der Waals surface area contributed by atoms with Gasteiger partial charge >= 0.3 is 0 Å². The Balaban J connectivity index is 1.80. The molecule has 0 fully saturated rings. The van der Waals surface area contributed by atoms with Crippen LogP contribution in [0.15, 0.2) is 47.7 Å². The third-order valence-electron chi connectivity index (χ3n) is 3.62. The van der Waals surface area contributed by atoms with Gasteiger partial charge in [-0.1, -0.05) is 6.07 Å². The summed E-state index contributed by atoms with van der Waals surface area (Å²) in [5.74, 6) is 0.494. The predicted molar refractivity (Wildman–Crippen MR) is 89.1 cm³/mol. The first-order valence-electron chi connectivity index (χ1n) is 7.31. The molecule has 6 nitrogen and oxygen atoms in total. The minimum Gasteiger partial charge on any atom is -0.363 e. The van der Waals surface area contributed by atoms with Crippen LogP contribution in [0.4, 0.5) is 5.95 Å². The molecule has 0 aromatic carbocycles. The van der Waals surface area contributed by atoms with Crippen LogP contribution in [0, 0.1) is 13.8 Å². The monoisotopic (exact) mass is 307 g/mol. The summed E-state index contributed by atoms with van der Waals surface area (Å²) in [6.07, 6.45) is 5.13. The Morgan fingerprint density at radius 1 is 1.09 bits per heavy atom. The highest BCUT2D eigenvalue weighted by Crippen LogP contribution is 2.14. The van der Waals surface area contributed by atoms with Crippen molar-refractivity contribution < 1.29 is 0 Å². The molecule has 3 aromatic rings. The molecule has 6 heteroatoms. The third-order valence-corrected chi connectivity index (χ3v) is 3.62. The number of anilines is 1. The van der Waals surface area contributed by atoms with Gasteiger partial charge in [0.25, 0.3) is 0 Å². The Hall–Kier alpha value is -3.02. The van der Waals surface area contributed by atoms with Crippen molar-refractivity contribution in [1.82, 2.24) is 19.9 Å². The van der Waals surface area contributed by atoms with E-state index < -0.39 is 0 Å². The van der Waals surface area contributed by atoms with Crippen LogP contribution in [0.5, 0.6) is 0 Å². The molecular formula is C17H17N5O. The molecule has 0 aliphatic carbocycles. The second-order valence-corrected chi connectivity index (χ2v) is 5.24. The number of H-pyrrole nitrogens is 1. The number of aromatic nitrogens is 4. The highest BCUT2D eigenvalue weighted by molar-refractivity contribution is 5.54. The van der Waals surface area contributed by atoms with E-state index in [0.29, 0.717) is 23.6 Å². The van der Waals surface area contributed by atoms with Crippen molar-refractivity contribution in [3.8, 4) is 11.4 Å². The molecule has 116 valence electrons.